The van der Waals surface area contributed by atoms with Crippen LogP contribution in [0.1, 0.15) is 78.1 Å². The van der Waals surface area contributed by atoms with Crippen molar-refractivity contribution in [3.8, 4) is 0 Å². The highest BCUT2D eigenvalue weighted by molar-refractivity contribution is 5.92. The topological polar surface area (TPSA) is 146 Å². The Hall–Kier alpha value is -3.08. The molecule has 10 heteroatoms. The second kappa shape index (κ2) is 10.5. The number of fused-ring (bicyclic) bond motifs is 5. The molecule has 10 nitrogen and oxygen atoms in total. The van der Waals surface area contributed by atoms with E-state index in [1.54, 1.807) is 71.9 Å². The summed E-state index contributed by atoms with van der Waals surface area (Å²) in [6, 6.07) is 8.24. The lowest BCUT2D eigenvalue weighted by Crippen LogP contribution is -2.81. The van der Waals surface area contributed by atoms with Crippen LogP contribution in [0.5, 0.6) is 0 Å². The number of aliphatic hydroxyl groups is 2. The van der Waals surface area contributed by atoms with E-state index in [4.69, 9.17) is 18.9 Å². The van der Waals surface area contributed by atoms with Gasteiger partial charge in [0.15, 0.2) is 5.60 Å². The molecular weight excluding hydrogens is 556 g/mol. The molecule has 5 rings (SSSR count). The van der Waals surface area contributed by atoms with Crippen LogP contribution in [0, 0.1) is 22.7 Å². The van der Waals surface area contributed by atoms with Gasteiger partial charge in [0.2, 0.25) is 0 Å². The van der Waals surface area contributed by atoms with Gasteiger partial charge in [0.25, 0.3) is 0 Å². The molecule has 0 amide bonds. The van der Waals surface area contributed by atoms with Crippen molar-refractivity contribution in [1.82, 2.24) is 0 Å². The molecule has 0 radical (unpaired) electrons. The molecule has 3 fully saturated rings. The maximum Gasteiger partial charge on any atom is 0.338 e. The third-order valence-corrected chi connectivity index (χ3v) is 10.8. The number of Topliss-reactive ketones (excluding diaryl/α,β-unsaturated/α-hetero) is 1. The molecule has 1 aromatic carbocycles. The zero-order valence-corrected chi connectivity index (χ0v) is 25.8. The molecule has 3 aliphatic carbocycles. The van der Waals surface area contributed by atoms with Gasteiger partial charge in [-0.2, -0.15) is 0 Å². The van der Waals surface area contributed by atoms with Crippen LogP contribution in [0.4, 0.5) is 0 Å². The summed E-state index contributed by atoms with van der Waals surface area (Å²) >= 11 is 0. The van der Waals surface area contributed by atoms with Crippen molar-refractivity contribution in [1.29, 1.82) is 0 Å². The number of hydrogen-bond acceptors (Lipinski definition) is 10. The van der Waals surface area contributed by atoms with Crippen LogP contribution < -0.4 is 0 Å². The molecule has 3 unspecified atom stereocenters. The molecule has 2 saturated carbocycles. The predicted molar refractivity (Wildman–Crippen MR) is 152 cm³/mol. The number of esters is 3. The van der Waals surface area contributed by atoms with E-state index < -0.39 is 76.2 Å². The molecule has 2 bridgehead atoms. The highest BCUT2D eigenvalue weighted by atomic mass is 16.6. The summed E-state index contributed by atoms with van der Waals surface area (Å²) in [5.41, 5.74) is -4.91. The Labute approximate surface area is 251 Å². The number of rotatable bonds is 5. The Bertz CT molecular complexity index is 1370. The fraction of sp³-hybridized carbons (Fsp3) is 0.636. The normalized spacial score (nSPS) is 39.7. The number of ether oxygens (including phenoxy) is 4. The fourth-order valence-corrected chi connectivity index (χ4v) is 8.55. The number of carbonyl (C=O) groups is 4. The maximum atomic E-state index is 15.0. The first-order valence-electron chi connectivity index (χ1n) is 15.0. The average molecular weight is 599 g/mol. The minimum atomic E-state index is -1.95. The predicted octanol–water partition coefficient (Wildman–Crippen LogP) is 3.32. The molecule has 0 spiro atoms. The summed E-state index contributed by atoms with van der Waals surface area (Å²) in [5.74, 6) is -4.29. The first kappa shape index (κ1) is 31.3. The molecule has 1 saturated heterocycles. The lowest BCUT2D eigenvalue weighted by atomic mass is 9.43. The number of carbonyl (C=O) groups excluding carboxylic acids is 4. The van der Waals surface area contributed by atoms with E-state index in [1.807, 2.05) is 0 Å². The number of ketones is 1. The van der Waals surface area contributed by atoms with E-state index >= 15 is 0 Å². The highest BCUT2D eigenvalue weighted by Crippen LogP contribution is 2.65. The van der Waals surface area contributed by atoms with Crippen molar-refractivity contribution in [2.24, 2.45) is 22.7 Å². The molecule has 2 N–H and O–H groups in total. The molecule has 234 valence electrons. The lowest BCUT2D eigenvalue weighted by molar-refractivity contribution is -0.346. The zero-order valence-electron chi connectivity index (χ0n) is 25.8. The molecule has 1 aliphatic heterocycles. The summed E-state index contributed by atoms with van der Waals surface area (Å²) in [7, 11) is 0. The standard InChI is InChI=1S/C33H42O10/c1-8-24(36)41-22-14-23-32(16-40-23,43-19(4)34)26-28(42-29(38)20-12-10-9-11-13-20)33(39)15-21(35)17(2)25(30(33,5)6)18(3)27(37)31(22,26)7/h9-13,18,21-23,26,28,35,39H,8,14-16H2,1-7H3/t18-,21+,22?,23-,26?,28?,31-,32+,33-/m1/s1. The van der Waals surface area contributed by atoms with E-state index in [0.29, 0.717) is 11.1 Å². The van der Waals surface area contributed by atoms with Crippen LogP contribution in [0.25, 0.3) is 0 Å². The summed E-state index contributed by atoms with van der Waals surface area (Å²) in [4.78, 5) is 54.2. The second-order valence-electron chi connectivity index (χ2n) is 13.3. The lowest BCUT2D eigenvalue weighted by Gasteiger charge is -2.67. The molecule has 43 heavy (non-hydrogen) atoms. The summed E-state index contributed by atoms with van der Waals surface area (Å²) in [6.45, 7) is 11.4. The van der Waals surface area contributed by atoms with Crippen LogP contribution in [-0.2, 0) is 33.3 Å². The summed E-state index contributed by atoms with van der Waals surface area (Å²) in [6.07, 6.45) is -4.57. The third-order valence-electron chi connectivity index (χ3n) is 10.8. The highest BCUT2D eigenvalue weighted by Gasteiger charge is 2.78. The Morgan fingerprint density at radius 1 is 1.09 bits per heavy atom. The minimum Gasteiger partial charge on any atom is -0.461 e. The van der Waals surface area contributed by atoms with Crippen LogP contribution in [0.2, 0.25) is 0 Å². The smallest absolute Gasteiger partial charge is 0.338 e. The molecule has 0 aromatic heterocycles. The first-order valence-corrected chi connectivity index (χ1v) is 15.0. The molecular formula is C33H42O10. The van der Waals surface area contributed by atoms with Crippen molar-refractivity contribution in [2.75, 3.05) is 6.61 Å². The van der Waals surface area contributed by atoms with Crippen molar-refractivity contribution < 1.29 is 48.3 Å². The maximum absolute atomic E-state index is 15.0. The van der Waals surface area contributed by atoms with Crippen molar-refractivity contribution in [3.63, 3.8) is 0 Å². The van der Waals surface area contributed by atoms with E-state index in [2.05, 4.69) is 0 Å². The molecule has 4 aliphatic rings. The van der Waals surface area contributed by atoms with Gasteiger partial charge in [0, 0.05) is 37.5 Å². The Kier molecular flexibility index (Phi) is 7.67. The van der Waals surface area contributed by atoms with Crippen LogP contribution >= 0.6 is 0 Å². The van der Waals surface area contributed by atoms with Gasteiger partial charge in [-0.3, -0.25) is 14.4 Å². The Morgan fingerprint density at radius 2 is 1.74 bits per heavy atom. The minimum absolute atomic E-state index is 0.0570. The van der Waals surface area contributed by atoms with Gasteiger partial charge in [0.1, 0.15) is 29.7 Å². The van der Waals surface area contributed by atoms with Crippen LogP contribution in [0.3, 0.4) is 0 Å². The summed E-state index contributed by atoms with van der Waals surface area (Å²) < 4.78 is 24.2. The van der Waals surface area contributed by atoms with E-state index in [-0.39, 0.29) is 37.2 Å². The van der Waals surface area contributed by atoms with E-state index in [0.717, 1.165) is 0 Å². The van der Waals surface area contributed by atoms with Gasteiger partial charge in [-0.05, 0) is 37.1 Å². The monoisotopic (exact) mass is 598 g/mol. The first-order chi connectivity index (χ1) is 20.1. The SMILES string of the molecule is CCC(=O)OC1C[C@H]2OC[C@@]2(OC(C)=O)C2C(OC(=O)c3ccccc3)[C@]3(O)C[C@H](O)C(C)=C([C@@H](C)C(=O)[C@]12C)C3(C)C. The van der Waals surface area contributed by atoms with Gasteiger partial charge in [-0.25, -0.2) is 4.79 Å². The summed E-state index contributed by atoms with van der Waals surface area (Å²) in [5, 5.41) is 24.3. The molecule has 1 aromatic rings. The zero-order chi connectivity index (χ0) is 31.7. The van der Waals surface area contributed by atoms with Crippen molar-refractivity contribution >= 4 is 23.7 Å². The van der Waals surface area contributed by atoms with E-state index in [9.17, 15) is 29.4 Å². The van der Waals surface area contributed by atoms with Gasteiger partial charge in [0.05, 0.1) is 29.6 Å². The van der Waals surface area contributed by atoms with Gasteiger partial charge < -0.3 is 29.2 Å². The molecule has 1 heterocycles. The fourth-order valence-electron chi connectivity index (χ4n) is 8.55. The number of hydrogen-bond donors (Lipinski definition) is 2. The van der Waals surface area contributed by atoms with Gasteiger partial charge in [-0.15, -0.1) is 0 Å². The Balaban J connectivity index is 1.83. The quantitative estimate of drug-likeness (QED) is 0.294. The largest absolute Gasteiger partial charge is 0.461 e. The van der Waals surface area contributed by atoms with Crippen LogP contribution in [-0.4, -0.2) is 76.1 Å². The second-order valence-corrected chi connectivity index (χ2v) is 13.3. The van der Waals surface area contributed by atoms with Crippen LogP contribution in [0.15, 0.2) is 41.5 Å². The molecule has 9 atom stereocenters. The van der Waals surface area contributed by atoms with Crippen molar-refractivity contribution in [2.45, 2.75) is 103 Å². The average Bonchev–Trinajstić information content (AvgIpc) is 2.94. The third kappa shape index (κ3) is 4.39. The number of benzene rings is 1. The number of aliphatic hydroxyl groups excluding tert-OH is 1. The van der Waals surface area contributed by atoms with Gasteiger partial charge in [-0.1, -0.05) is 45.9 Å². The van der Waals surface area contributed by atoms with E-state index in [1.165, 1.54) is 6.92 Å². The van der Waals surface area contributed by atoms with Gasteiger partial charge >= 0.3 is 17.9 Å². The van der Waals surface area contributed by atoms with Crippen molar-refractivity contribution in [3.05, 3.63) is 47.0 Å². The Morgan fingerprint density at radius 3 is 2.30 bits per heavy atom.